The van der Waals surface area contributed by atoms with Crippen LogP contribution < -0.4 is 5.73 Å². The zero-order chi connectivity index (χ0) is 9.68. The first-order chi connectivity index (χ1) is 6.22. The lowest BCUT2D eigenvalue weighted by Gasteiger charge is -2.09. The molecule has 0 aliphatic rings. The van der Waals surface area contributed by atoms with Crippen molar-refractivity contribution in [3.05, 3.63) is 34.3 Å². The first kappa shape index (κ1) is 11.1. The van der Waals surface area contributed by atoms with Crippen molar-refractivity contribution in [2.24, 2.45) is 5.73 Å². The Morgan fingerprint density at radius 3 is 2.54 bits per heavy atom. The zero-order valence-corrected chi connectivity index (χ0v) is 10.1. The molecule has 0 bridgehead atoms. The monoisotopic (exact) mass is 259 g/mol. The maximum absolute atomic E-state index is 5.92. The van der Waals surface area contributed by atoms with E-state index < -0.39 is 0 Å². The summed E-state index contributed by atoms with van der Waals surface area (Å²) < 4.78 is 1.12. The molecule has 1 nitrogen and oxygen atoms in total. The smallest absolute Gasteiger partial charge is 0.0175 e. The van der Waals surface area contributed by atoms with Gasteiger partial charge in [-0.25, -0.2) is 0 Å². The van der Waals surface area contributed by atoms with E-state index in [0.717, 1.165) is 16.6 Å². The summed E-state index contributed by atoms with van der Waals surface area (Å²) in [5.74, 6) is 1.02. The van der Waals surface area contributed by atoms with E-state index in [-0.39, 0.29) is 6.04 Å². The summed E-state index contributed by atoms with van der Waals surface area (Å²) in [5, 5.41) is 0. The van der Waals surface area contributed by atoms with Gasteiger partial charge in [0.15, 0.2) is 0 Å². The molecule has 72 valence electrons. The van der Waals surface area contributed by atoms with Gasteiger partial charge in [0, 0.05) is 16.3 Å². The minimum atomic E-state index is 0.274. The van der Waals surface area contributed by atoms with Gasteiger partial charge in [-0.05, 0) is 30.4 Å². The summed E-state index contributed by atoms with van der Waals surface area (Å²) in [5.41, 5.74) is 7.23. The molecule has 3 heteroatoms. The van der Waals surface area contributed by atoms with Crippen LogP contribution >= 0.6 is 27.7 Å². The molecule has 0 heterocycles. The van der Waals surface area contributed by atoms with Gasteiger partial charge >= 0.3 is 0 Å². The van der Waals surface area contributed by atoms with Gasteiger partial charge in [0.1, 0.15) is 0 Å². The predicted octanol–water partition coefficient (Wildman–Crippen LogP) is 2.68. The van der Waals surface area contributed by atoms with Crippen LogP contribution in [0.2, 0.25) is 0 Å². The van der Waals surface area contributed by atoms with E-state index in [2.05, 4.69) is 46.5 Å². The Labute approximate surface area is 92.2 Å². The van der Waals surface area contributed by atoms with Crippen molar-refractivity contribution in [2.75, 3.05) is 12.0 Å². The summed E-state index contributed by atoms with van der Waals surface area (Å²) in [6.45, 7) is 0. The Morgan fingerprint density at radius 1 is 1.38 bits per heavy atom. The Balaban J connectivity index is 2.49. The van der Waals surface area contributed by atoms with Crippen LogP contribution in [0.4, 0.5) is 0 Å². The van der Waals surface area contributed by atoms with E-state index in [1.54, 1.807) is 11.8 Å². The van der Waals surface area contributed by atoms with Gasteiger partial charge < -0.3 is 5.73 Å². The second-order valence-corrected chi connectivity index (χ2v) is 4.87. The van der Waals surface area contributed by atoms with Crippen molar-refractivity contribution in [3.8, 4) is 0 Å². The van der Waals surface area contributed by atoms with E-state index in [1.165, 1.54) is 5.56 Å². The first-order valence-corrected chi connectivity index (χ1v) is 6.40. The highest BCUT2D eigenvalue weighted by Gasteiger charge is 2.02. The van der Waals surface area contributed by atoms with Crippen molar-refractivity contribution < 1.29 is 0 Å². The molecule has 1 rings (SSSR count). The van der Waals surface area contributed by atoms with Gasteiger partial charge in [-0.2, -0.15) is 11.8 Å². The fraction of sp³-hybridized carbons (Fsp3) is 0.400. The number of benzene rings is 1. The zero-order valence-electron chi connectivity index (χ0n) is 7.66. The van der Waals surface area contributed by atoms with Gasteiger partial charge in [0.05, 0.1) is 0 Å². The summed E-state index contributed by atoms with van der Waals surface area (Å²) in [7, 11) is 0. The molecule has 1 aromatic rings. The predicted molar refractivity (Wildman–Crippen MR) is 64.2 cm³/mol. The lowest BCUT2D eigenvalue weighted by Crippen LogP contribution is -2.25. The highest BCUT2D eigenvalue weighted by Crippen LogP contribution is 2.12. The average molecular weight is 260 g/mol. The summed E-state index contributed by atoms with van der Waals surface area (Å²) in [6, 6.07) is 8.62. The Kier molecular flexibility index (Phi) is 4.84. The molecule has 0 saturated carbocycles. The van der Waals surface area contributed by atoms with Crippen molar-refractivity contribution in [1.29, 1.82) is 0 Å². The minimum Gasteiger partial charge on any atom is -0.327 e. The molecular weight excluding hydrogens is 246 g/mol. The first-order valence-electron chi connectivity index (χ1n) is 4.21. The van der Waals surface area contributed by atoms with Crippen LogP contribution in [-0.2, 0) is 6.42 Å². The molecule has 0 aromatic heterocycles. The molecule has 0 amide bonds. The molecule has 0 aliphatic carbocycles. The lowest BCUT2D eigenvalue weighted by molar-refractivity contribution is 0.749. The summed E-state index contributed by atoms with van der Waals surface area (Å²) in [6.07, 6.45) is 3.05. The molecule has 0 spiro atoms. The topological polar surface area (TPSA) is 26.0 Å². The van der Waals surface area contributed by atoms with E-state index in [9.17, 15) is 0 Å². The van der Waals surface area contributed by atoms with Gasteiger partial charge in [-0.15, -0.1) is 0 Å². The minimum absolute atomic E-state index is 0.274. The second kappa shape index (κ2) is 5.68. The number of nitrogens with two attached hydrogens (primary N) is 1. The highest BCUT2D eigenvalue weighted by molar-refractivity contribution is 9.10. The Bertz CT molecular complexity index is 248. The van der Waals surface area contributed by atoms with E-state index in [0.29, 0.717) is 0 Å². The van der Waals surface area contributed by atoms with Crippen molar-refractivity contribution in [1.82, 2.24) is 0 Å². The molecule has 0 fully saturated rings. The SMILES string of the molecule is CSCC(N)Cc1ccc(Br)cc1. The second-order valence-electron chi connectivity index (χ2n) is 3.05. The molecule has 2 N–H and O–H groups in total. The molecule has 13 heavy (non-hydrogen) atoms. The van der Waals surface area contributed by atoms with Gasteiger partial charge in [0.25, 0.3) is 0 Å². The van der Waals surface area contributed by atoms with E-state index in [1.807, 2.05) is 0 Å². The molecule has 0 radical (unpaired) electrons. The maximum atomic E-state index is 5.92. The van der Waals surface area contributed by atoms with Crippen molar-refractivity contribution in [2.45, 2.75) is 12.5 Å². The van der Waals surface area contributed by atoms with E-state index in [4.69, 9.17) is 5.73 Å². The van der Waals surface area contributed by atoms with Crippen molar-refractivity contribution in [3.63, 3.8) is 0 Å². The quantitative estimate of drug-likeness (QED) is 0.900. The molecule has 1 atom stereocenters. The number of halogens is 1. The van der Waals surface area contributed by atoms with Crippen LogP contribution in [-0.4, -0.2) is 18.1 Å². The standard InChI is InChI=1S/C10H14BrNS/c1-13-7-10(12)6-8-2-4-9(11)5-3-8/h2-5,10H,6-7,12H2,1H3. The third-order valence-corrected chi connectivity index (χ3v) is 3.08. The third kappa shape index (κ3) is 4.16. The van der Waals surface area contributed by atoms with Crippen LogP contribution in [0.15, 0.2) is 28.7 Å². The van der Waals surface area contributed by atoms with Gasteiger partial charge in [0.2, 0.25) is 0 Å². The fourth-order valence-corrected chi connectivity index (χ4v) is 2.01. The highest BCUT2D eigenvalue weighted by atomic mass is 79.9. The molecule has 1 unspecified atom stereocenters. The van der Waals surface area contributed by atoms with Crippen LogP contribution in [0.1, 0.15) is 5.56 Å². The summed E-state index contributed by atoms with van der Waals surface area (Å²) in [4.78, 5) is 0. The molecule has 1 aromatic carbocycles. The molecule has 0 saturated heterocycles. The fourth-order valence-electron chi connectivity index (χ4n) is 1.20. The third-order valence-electron chi connectivity index (χ3n) is 1.79. The maximum Gasteiger partial charge on any atom is 0.0175 e. The van der Waals surface area contributed by atoms with Crippen molar-refractivity contribution >= 4 is 27.7 Å². The van der Waals surface area contributed by atoms with Crippen LogP contribution in [0.5, 0.6) is 0 Å². The van der Waals surface area contributed by atoms with Crippen LogP contribution in [0.25, 0.3) is 0 Å². The van der Waals surface area contributed by atoms with Gasteiger partial charge in [-0.3, -0.25) is 0 Å². The number of hydrogen-bond donors (Lipinski definition) is 1. The molecule has 0 aliphatic heterocycles. The molecular formula is C10H14BrNS. The number of rotatable bonds is 4. The van der Waals surface area contributed by atoms with Crippen LogP contribution in [0, 0.1) is 0 Å². The summed E-state index contributed by atoms with van der Waals surface area (Å²) >= 11 is 5.20. The largest absolute Gasteiger partial charge is 0.327 e. The van der Waals surface area contributed by atoms with E-state index >= 15 is 0 Å². The number of thioether (sulfide) groups is 1. The Hall–Kier alpha value is 0.01000. The van der Waals surface area contributed by atoms with Gasteiger partial charge in [-0.1, -0.05) is 28.1 Å². The average Bonchev–Trinajstić information content (AvgIpc) is 2.09. The Morgan fingerprint density at radius 2 is 2.00 bits per heavy atom. The lowest BCUT2D eigenvalue weighted by atomic mass is 10.1. The normalized spacial score (nSPS) is 12.8. The van der Waals surface area contributed by atoms with Crippen LogP contribution in [0.3, 0.4) is 0 Å². The number of hydrogen-bond acceptors (Lipinski definition) is 2.